The summed E-state index contributed by atoms with van der Waals surface area (Å²) >= 11 is 0. The first kappa shape index (κ1) is 47.5. The third-order valence-corrected chi connectivity index (χ3v) is 13.5. The Morgan fingerprint density at radius 3 is 0.519 bits per heavy atom. The van der Waals surface area contributed by atoms with Gasteiger partial charge in [0.05, 0.1) is 0 Å². The highest BCUT2D eigenvalue weighted by Gasteiger charge is 2.28. The number of rotatable bonds is 3. The molecule has 0 atom stereocenters. The van der Waals surface area contributed by atoms with Crippen LogP contribution >= 0.6 is 0 Å². The lowest BCUT2D eigenvalue weighted by Gasteiger charge is -2.31. The van der Waals surface area contributed by atoms with Crippen molar-refractivity contribution < 1.29 is 0 Å². The fourth-order valence-electron chi connectivity index (χ4n) is 9.95. The maximum absolute atomic E-state index is 9.95. The van der Waals surface area contributed by atoms with E-state index in [-0.39, 0.29) is 6.04 Å². The SMILES string of the molecule is [N-]=[N+]=NC(C1CCCCCCCCCCCCCCCCCCCCCCC1)C1CCCCCCCCCCCCCCCCCCCCCCC1. The molecule has 0 amide bonds. The quantitative estimate of drug-likeness (QED) is 0.158. The number of azide groups is 1. The molecule has 3 heteroatoms. The molecule has 2 saturated carbocycles. The maximum Gasteiger partial charge on any atom is 0.0430 e. The number of nitrogens with zero attached hydrogens (tertiary/aromatic N) is 3. The summed E-state index contributed by atoms with van der Waals surface area (Å²) in [6, 6.07) is 0.224. The van der Waals surface area contributed by atoms with Crippen LogP contribution in [0.2, 0.25) is 0 Å². The van der Waals surface area contributed by atoms with E-state index in [4.69, 9.17) is 5.11 Å². The molecule has 0 saturated heterocycles. The molecule has 0 spiro atoms. The predicted molar refractivity (Wildman–Crippen MR) is 232 cm³/mol. The Morgan fingerprint density at radius 1 is 0.250 bits per heavy atom. The second kappa shape index (κ2) is 38.6. The van der Waals surface area contributed by atoms with Crippen LogP contribution in [0, 0.1) is 11.8 Å². The summed E-state index contributed by atoms with van der Waals surface area (Å²) in [5.41, 5.74) is 9.95. The summed E-state index contributed by atoms with van der Waals surface area (Å²) in [5.74, 6) is 1.19. The zero-order valence-corrected chi connectivity index (χ0v) is 35.6. The van der Waals surface area contributed by atoms with E-state index >= 15 is 0 Å². The summed E-state index contributed by atoms with van der Waals surface area (Å²) in [4.78, 5) is 3.60. The first-order valence-electron chi connectivity index (χ1n) is 25.0. The van der Waals surface area contributed by atoms with Crippen molar-refractivity contribution in [3.8, 4) is 0 Å². The molecule has 52 heavy (non-hydrogen) atoms. The van der Waals surface area contributed by atoms with Gasteiger partial charge in [0.25, 0.3) is 0 Å². The van der Waals surface area contributed by atoms with Gasteiger partial charge in [-0.3, -0.25) is 0 Å². The third-order valence-electron chi connectivity index (χ3n) is 13.5. The molecule has 2 fully saturated rings. The fourth-order valence-corrected chi connectivity index (χ4v) is 9.95. The predicted octanol–water partition coefficient (Wildman–Crippen LogP) is 18.9. The van der Waals surface area contributed by atoms with Crippen LogP contribution in [0.1, 0.15) is 295 Å². The minimum absolute atomic E-state index is 0.224. The van der Waals surface area contributed by atoms with Crippen molar-refractivity contribution in [2.24, 2.45) is 17.0 Å². The van der Waals surface area contributed by atoms with Crippen molar-refractivity contribution in [1.82, 2.24) is 0 Å². The van der Waals surface area contributed by atoms with Gasteiger partial charge in [-0.15, -0.1) is 0 Å². The van der Waals surface area contributed by atoms with Crippen LogP contribution in [0.3, 0.4) is 0 Å². The number of hydrogen-bond donors (Lipinski definition) is 0. The smallest absolute Gasteiger partial charge is 0.0430 e. The minimum atomic E-state index is 0.224. The molecule has 0 aromatic heterocycles. The van der Waals surface area contributed by atoms with Gasteiger partial charge in [-0.1, -0.05) is 300 Å². The second-order valence-corrected chi connectivity index (χ2v) is 18.2. The van der Waals surface area contributed by atoms with E-state index in [1.54, 1.807) is 0 Å². The van der Waals surface area contributed by atoms with Crippen molar-refractivity contribution in [1.29, 1.82) is 0 Å². The largest absolute Gasteiger partial charge is 0.0900 e. The van der Waals surface area contributed by atoms with Gasteiger partial charge in [-0.25, -0.2) is 0 Å². The van der Waals surface area contributed by atoms with Crippen LogP contribution < -0.4 is 0 Å². The van der Waals surface area contributed by atoms with E-state index < -0.39 is 0 Å². The topological polar surface area (TPSA) is 48.8 Å². The van der Waals surface area contributed by atoms with Gasteiger partial charge in [-0.05, 0) is 17.4 Å². The molecule has 0 aromatic carbocycles. The third kappa shape index (κ3) is 29.6. The Labute approximate surface area is 327 Å². The van der Waals surface area contributed by atoms with E-state index in [0.29, 0.717) is 11.8 Å². The molecule has 0 bridgehead atoms. The zero-order valence-electron chi connectivity index (χ0n) is 35.6. The first-order chi connectivity index (χ1) is 25.9. The second-order valence-electron chi connectivity index (χ2n) is 18.2. The molecular weight excluding hydrogens is 631 g/mol. The van der Waals surface area contributed by atoms with Crippen molar-refractivity contribution in [2.75, 3.05) is 0 Å². The molecule has 2 aliphatic rings. The first-order valence-corrected chi connectivity index (χ1v) is 25.0. The fraction of sp³-hybridized carbons (Fsp3) is 1.00. The van der Waals surface area contributed by atoms with E-state index in [1.165, 1.54) is 295 Å². The summed E-state index contributed by atoms with van der Waals surface area (Å²) in [6.07, 6.45) is 65.3. The molecule has 0 unspecified atom stereocenters. The van der Waals surface area contributed by atoms with Crippen molar-refractivity contribution in [3.05, 3.63) is 10.4 Å². The standard InChI is InChI=1S/C49H95N3/c50-52-51-49(47-43-39-35-31-27-23-19-15-11-7-3-1-4-8-12-16-20-24-28-32-36-40-44-47)48-45-41-37-33-29-25-21-17-13-9-5-2-6-10-14-18-22-26-30-34-38-42-46-48/h47-49H,1-46H2. The van der Waals surface area contributed by atoms with Gasteiger partial charge in [0.2, 0.25) is 0 Å². The van der Waals surface area contributed by atoms with E-state index in [9.17, 15) is 5.53 Å². The Hall–Kier alpha value is -0.690. The van der Waals surface area contributed by atoms with Crippen LogP contribution in [0.5, 0.6) is 0 Å². The van der Waals surface area contributed by atoms with E-state index in [2.05, 4.69) is 4.91 Å². The molecule has 0 heterocycles. The van der Waals surface area contributed by atoms with Crippen LogP contribution in [0.25, 0.3) is 10.4 Å². The molecule has 0 N–H and O–H groups in total. The molecule has 0 aromatic rings. The molecule has 0 radical (unpaired) electrons. The van der Waals surface area contributed by atoms with Gasteiger partial charge in [-0.2, -0.15) is 0 Å². The Bertz CT molecular complexity index is 658. The zero-order chi connectivity index (χ0) is 36.7. The Kier molecular flexibility index (Phi) is 35.2. The highest BCUT2D eigenvalue weighted by Crippen LogP contribution is 2.34. The highest BCUT2D eigenvalue weighted by atomic mass is 15.2. The normalized spacial score (nSPS) is 24.1. The summed E-state index contributed by atoms with van der Waals surface area (Å²) in [6.45, 7) is 0. The Balaban J connectivity index is 1.96. The molecule has 0 aliphatic heterocycles. The molecule has 3 nitrogen and oxygen atoms in total. The van der Waals surface area contributed by atoms with E-state index in [1.807, 2.05) is 0 Å². The molecule has 2 aliphatic carbocycles. The summed E-state index contributed by atoms with van der Waals surface area (Å²) in [5, 5.41) is 4.76. The summed E-state index contributed by atoms with van der Waals surface area (Å²) < 4.78 is 0. The minimum Gasteiger partial charge on any atom is -0.0900 e. The van der Waals surface area contributed by atoms with Crippen molar-refractivity contribution >= 4 is 0 Å². The average Bonchev–Trinajstić information content (AvgIpc) is 3.15. The lowest BCUT2D eigenvalue weighted by molar-refractivity contribution is 0.236. The van der Waals surface area contributed by atoms with Crippen molar-refractivity contribution in [2.45, 2.75) is 301 Å². The van der Waals surface area contributed by atoms with Gasteiger partial charge in [0, 0.05) is 11.0 Å². The van der Waals surface area contributed by atoms with Gasteiger partial charge in [0.15, 0.2) is 0 Å². The molecular formula is C49H95N3. The van der Waals surface area contributed by atoms with Crippen LogP contribution in [-0.2, 0) is 0 Å². The van der Waals surface area contributed by atoms with Crippen LogP contribution in [0.15, 0.2) is 5.11 Å². The van der Waals surface area contributed by atoms with Crippen molar-refractivity contribution in [3.63, 3.8) is 0 Å². The lowest BCUT2D eigenvalue weighted by Crippen LogP contribution is -2.28. The molecule has 306 valence electrons. The van der Waals surface area contributed by atoms with Gasteiger partial charge < -0.3 is 0 Å². The van der Waals surface area contributed by atoms with Gasteiger partial charge >= 0.3 is 0 Å². The highest BCUT2D eigenvalue weighted by molar-refractivity contribution is 4.84. The average molecular weight is 726 g/mol. The molecule has 2 rings (SSSR count). The monoisotopic (exact) mass is 726 g/mol. The number of hydrogen-bond acceptors (Lipinski definition) is 1. The van der Waals surface area contributed by atoms with E-state index in [0.717, 1.165) is 0 Å². The lowest BCUT2D eigenvalue weighted by atomic mass is 9.77. The van der Waals surface area contributed by atoms with Gasteiger partial charge in [0.1, 0.15) is 0 Å². The van der Waals surface area contributed by atoms with Crippen LogP contribution in [-0.4, -0.2) is 6.04 Å². The Morgan fingerprint density at radius 2 is 0.385 bits per heavy atom. The maximum atomic E-state index is 9.95. The van der Waals surface area contributed by atoms with Crippen LogP contribution in [0.4, 0.5) is 0 Å². The summed E-state index contributed by atoms with van der Waals surface area (Å²) in [7, 11) is 0.